The zero-order valence-corrected chi connectivity index (χ0v) is 18.0. The SMILES string of the molecule is CCCO[Si](OCCC)(C1CCC(C)(C)CC1)C1CCCC(C)C1. The van der Waals surface area contributed by atoms with Crippen molar-refractivity contribution < 1.29 is 8.85 Å². The highest BCUT2D eigenvalue weighted by Gasteiger charge is 2.54. The van der Waals surface area contributed by atoms with Gasteiger partial charge in [0.2, 0.25) is 0 Å². The lowest BCUT2D eigenvalue weighted by molar-refractivity contribution is 0.119. The molecule has 2 fully saturated rings. The summed E-state index contributed by atoms with van der Waals surface area (Å²) in [6.45, 7) is 13.6. The first-order valence-corrected chi connectivity index (χ1v) is 12.7. The van der Waals surface area contributed by atoms with Crippen LogP contribution in [-0.4, -0.2) is 21.8 Å². The van der Waals surface area contributed by atoms with Gasteiger partial charge in [-0.15, -0.1) is 0 Å². The Morgan fingerprint density at radius 3 is 1.96 bits per heavy atom. The molecule has 0 aromatic carbocycles. The van der Waals surface area contributed by atoms with Gasteiger partial charge in [-0.25, -0.2) is 0 Å². The average molecular weight is 355 g/mol. The monoisotopic (exact) mass is 354 g/mol. The minimum absolute atomic E-state index is 0.520. The molecule has 0 aliphatic heterocycles. The minimum atomic E-state index is -2.14. The standard InChI is InChI=1S/C21H42O2Si/c1-6-15-22-24(23-16-7-2,20-10-8-9-18(3)17-20)19-11-13-21(4,5)14-12-19/h18-20H,6-17H2,1-5H3. The van der Waals surface area contributed by atoms with Gasteiger partial charge in [0.15, 0.2) is 0 Å². The molecule has 0 bridgehead atoms. The minimum Gasteiger partial charge on any atom is -0.394 e. The van der Waals surface area contributed by atoms with Gasteiger partial charge in [-0.2, -0.15) is 0 Å². The van der Waals surface area contributed by atoms with E-state index >= 15 is 0 Å². The van der Waals surface area contributed by atoms with Gasteiger partial charge in [-0.05, 0) is 62.7 Å². The van der Waals surface area contributed by atoms with Crippen molar-refractivity contribution >= 4 is 8.56 Å². The molecule has 0 heterocycles. The van der Waals surface area contributed by atoms with Gasteiger partial charge in [0.25, 0.3) is 0 Å². The maximum atomic E-state index is 6.79. The number of rotatable bonds is 8. The van der Waals surface area contributed by atoms with E-state index in [1.807, 2.05) is 0 Å². The second-order valence-electron chi connectivity index (χ2n) is 9.33. The smallest absolute Gasteiger partial charge is 0.344 e. The molecule has 0 aromatic heterocycles. The van der Waals surface area contributed by atoms with Gasteiger partial charge in [-0.1, -0.05) is 47.5 Å². The summed E-state index contributed by atoms with van der Waals surface area (Å²) in [6.07, 6.45) is 13.1. The van der Waals surface area contributed by atoms with Crippen LogP contribution >= 0.6 is 0 Å². The highest BCUT2D eigenvalue weighted by molar-refractivity contribution is 6.70. The predicted molar refractivity (Wildman–Crippen MR) is 106 cm³/mol. The molecular weight excluding hydrogens is 312 g/mol. The molecule has 2 atom stereocenters. The van der Waals surface area contributed by atoms with Crippen LogP contribution in [0, 0.1) is 11.3 Å². The normalized spacial score (nSPS) is 28.9. The molecule has 2 unspecified atom stereocenters. The van der Waals surface area contributed by atoms with Crippen molar-refractivity contribution in [2.45, 2.75) is 110 Å². The maximum absolute atomic E-state index is 6.79. The molecule has 0 aromatic rings. The van der Waals surface area contributed by atoms with Crippen LogP contribution in [0.1, 0.15) is 98.8 Å². The first kappa shape index (κ1) is 20.4. The highest BCUT2D eigenvalue weighted by Crippen LogP contribution is 2.53. The molecule has 2 aliphatic carbocycles. The number of hydrogen-bond donors (Lipinski definition) is 0. The first-order chi connectivity index (χ1) is 11.4. The molecule has 0 spiro atoms. The van der Waals surface area contributed by atoms with E-state index < -0.39 is 8.56 Å². The molecule has 0 radical (unpaired) electrons. The Bertz CT molecular complexity index is 351. The van der Waals surface area contributed by atoms with Gasteiger partial charge >= 0.3 is 8.56 Å². The van der Waals surface area contributed by atoms with E-state index in [-0.39, 0.29) is 0 Å². The van der Waals surface area contributed by atoms with Crippen molar-refractivity contribution in [3.63, 3.8) is 0 Å². The Kier molecular flexibility index (Phi) is 7.82. The molecule has 142 valence electrons. The van der Waals surface area contributed by atoms with Crippen molar-refractivity contribution in [1.29, 1.82) is 0 Å². The largest absolute Gasteiger partial charge is 0.394 e. The zero-order chi connectivity index (χ0) is 17.6. The van der Waals surface area contributed by atoms with E-state index in [2.05, 4.69) is 34.6 Å². The Labute approximate surface area is 152 Å². The maximum Gasteiger partial charge on any atom is 0.344 e. The number of hydrogen-bond acceptors (Lipinski definition) is 2. The summed E-state index contributed by atoms with van der Waals surface area (Å²) in [5.41, 5.74) is 1.97. The van der Waals surface area contributed by atoms with Crippen molar-refractivity contribution in [1.82, 2.24) is 0 Å². The van der Waals surface area contributed by atoms with Crippen molar-refractivity contribution in [2.75, 3.05) is 13.2 Å². The Morgan fingerprint density at radius 2 is 1.46 bits per heavy atom. The summed E-state index contributed by atoms with van der Waals surface area (Å²) in [7, 11) is -2.14. The van der Waals surface area contributed by atoms with E-state index in [0.29, 0.717) is 5.41 Å². The van der Waals surface area contributed by atoms with Crippen LogP contribution in [0.25, 0.3) is 0 Å². The Hall–Kier alpha value is 0.137. The van der Waals surface area contributed by atoms with Crippen molar-refractivity contribution in [3.05, 3.63) is 0 Å². The van der Waals surface area contributed by atoms with Crippen LogP contribution in [0.3, 0.4) is 0 Å². The van der Waals surface area contributed by atoms with Gasteiger partial charge in [0.1, 0.15) is 0 Å². The van der Waals surface area contributed by atoms with E-state index in [1.54, 1.807) is 0 Å². The highest BCUT2D eigenvalue weighted by atomic mass is 28.4. The molecule has 0 saturated heterocycles. The van der Waals surface area contributed by atoms with Gasteiger partial charge < -0.3 is 8.85 Å². The quantitative estimate of drug-likeness (QED) is 0.445. The molecule has 2 rings (SSSR count). The molecule has 0 N–H and O–H groups in total. The summed E-state index contributed by atoms with van der Waals surface area (Å²) in [4.78, 5) is 0. The second kappa shape index (κ2) is 9.18. The summed E-state index contributed by atoms with van der Waals surface area (Å²) in [6, 6.07) is 0. The third-order valence-corrected chi connectivity index (χ3v) is 11.2. The molecule has 3 heteroatoms. The Morgan fingerprint density at radius 1 is 0.875 bits per heavy atom. The van der Waals surface area contributed by atoms with Gasteiger partial charge in [-0.3, -0.25) is 0 Å². The van der Waals surface area contributed by atoms with E-state index in [0.717, 1.165) is 43.1 Å². The lowest BCUT2D eigenvalue weighted by Gasteiger charge is -2.48. The topological polar surface area (TPSA) is 18.5 Å². The summed E-state index contributed by atoms with van der Waals surface area (Å²) in [5, 5.41) is 0. The fourth-order valence-corrected chi connectivity index (χ4v) is 10.1. The lowest BCUT2D eigenvalue weighted by Crippen LogP contribution is -2.53. The Balaban J connectivity index is 2.22. The van der Waals surface area contributed by atoms with Crippen LogP contribution in [-0.2, 0) is 8.85 Å². The zero-order valence-electron chi connectivity index (χ0n) is 17.0. The molecular formula is C21H42O2Si. The second-order valence-corrected chi connectivity index (χ2v) is 13.0. The van der Waals surface area contributed by atoms with Crippen molar-refractivity contribution in [3.8, 4) is 0 Å². The molecule has 2 saturated carbocycles. The fraction of sp³-hybridized carbons (Fsp3) is 1.00. The van der Waals surface area contributed by atoms with Crippen LogP contribution < -0.4 is 0 Å². The molecule has 2 nitrogen and oxygen atoms in total. The van der Waals surface area contributed by atoms with E-state index in [1.165, 1.54) is 51.4 Å². The van der Waals surface area contributed by atoms with Crippen LogP contribution in [0.15, 0.2) is 0 Å². The fourth-order valence-electron chi connectivity index (χ4n) is 4.97. The lowest BCUT2D eigenvalue weighted by atomic mass is 9.77. The van der Waals surface area contributed by atoms with Gasteiger partial charge in [0, 0.05) is 24.3 Å². The summed E-state index contributed by atoms with van der Waals surface area (Å²) < 4.78 is 13.6. The predicted octanol–water partition coefficient (Wildman–Crippen LogP) is 6.83. The third-order valence-electron chi connectivity index (χ3n) is 6.48. The van der Waals surface area contributed by atoms with Crippen LogP contribution in [0.2, 0.25) is 11.1 Å². The third kappa shape index (κ3) is 5.08. The van der Waals surface area contributed by atoms with Crippen molar-refractivity contribution in [2.24, 2.45) is 11.3 Å². The molecule has 24 heavy (non-hydrogen) atoms. The van der Waals surface area contributed by atoms with Crippen LogP contribution in [0.4, 0.5) is 0 Å². The summed E-state index contributed by atoms with van der Waals surface area (Å²) >= 11 is 0. The van der Waals surface area contributed by atoms with E-state index in [9.17, 15) is 0 Å². The van der Waals surface area contributed by atoms with Gasteiger partial charge in [0.05, 0.1) is 0 Å². The molecule has 2 aliphatic rings. The molecule has 0 amide bonds. The summed E-state index contributed by atoms with van der Waals surface area (Å²) in [5.74, 6) is 0.853. The first-order valence-electron chi connectivity index (χ1n) is 10.7. The van der Waals surface area contributed by atoms with E-state index in [4.69, 9.17) is 8.85 Å². The van der Waals surface area contributed by atoms with Crippen LogP contribution in [0.5, 0.6) is 0 Å². The average Bonchev–Trinajstić information content (AvgIpc) is 2.56.